The highest BCUT2D eigenvalue weighted by Gasteiger charge is 2.10. The molecule has 3 heteroatoms. The van der Waals surface area contributed by atoms with E-state index in [9.17, 15) is 5.11 Å². The number of rotatable bonds is 7. The SMILES string of the molecule is Cc1cccc(SCCN/C(=C(\O)c2ccccc2)c2ccccc2)c1. The summed E-state index contributed by atoms with van der Waals surface area (Å²) in [5.41, 5.74) is 3.83. The monoisotopic (exact) mass is 361 g/mol. The minimum atomic E-state index is 0.275. The minimum absolute atomic E-state index is 0.275. The zero-order chi connectivity index (χ0) is 18.2. The molecule has 3 aromatic carbocycles. The second-order valence-corrected chi connectivity index (χ2v) is 7.22. The van der Waals surface area contributed by atoms with Crippen molar-refractivity contribution < 1.29 is 5.11 Å². The summed E-state index contributed by atoms with van der Waals surface area (Å²) in [6, 6.07) is 28.1. The first-order chi connectivity index (χ1) is 12.7. The number of aliphatic hydroxyl groups excluding tert-OH is 1. The van der Waals surface area contributed by atoms with Gasteiger partial charge in [0, 0.05) is 28.3 Å². The summed E-state index contributed by atoms with van der Waals surface area (Å²) in [7, 11) is 0. The lowest BCUT2D eigenvalue weighted by Crippen LogP contribution is -2.17. The maximum absolute atomic E-state index is 10.8. The maximum Gasteiger partial charge on any atom is 0.146 e. The number of aliphatic hydroxyl groups is 1. The molecule has 3 aromatic rings. The smallest absolute Gasteiger partial charge is 0.146 e. The molecule has 0 saturated carbocycles. The summed E-state index contributed by atoms with van der Waals surface area (Å²) in [6.07, 6.45) is 0. The largest absolute Gasteiger partial charge is 0.505 e. The Bertz CT molecular complexity index is 860. The third-order valence-corrected chi connectivity index (χ3v) is 5.00. The Morgan fingerprint density at radius 3 is 2.15 bits per heavy atom. The molecular weight excluding hydrogens is 338 g/mol. The fraction of sp³-hybridized carbons (Fsp3) is 0.130. The van der Waals surface area contributed by atoms with Gasteiger partial charge in [0.25, 0.3) is 0 Å². The van der Waals surface area contributed by atoms with E-state index in [0.29, 0.717) is 0 Å². The normalized spacial score (nSPS) is 11.7. The van der Waals surface area contributed by atoms with E-state index < -0.39 is 0 Å². The van der Waals surface area contributed by atoms with Crippen molar-refractivity contribution in [3.63, 3.8) is 0 Å². The molecule has 0 heterocycles. The highest BCUT2D eigenvalue weighted by Crippen LogP contribution is 2.23. The van der Waals surface area contributed by atoms with E-state index in [4.69, 9.17) is 0 Å². The van der Waals surface area contributed by atoms with Gasteiger partial charge >= 0.3 is 0 Å². The van der Waals surface area contributed by atoms with Crippen LogP contribution in [0.2, 0.25) is 0 Å². The van der Waals surface area contributed by atoms with Gasteiger partial charge in [-0.05, 0) is 19.1 Å². The van der Waals surface area contributed by atoms with Crippen LogP contribution >= 0.6 is 11.8 Å². The van der Waals surface area contributed by atoms with E-state index in [-0.39, 0.29) is 5.76 Å². The van der Waals surface area contributed by atoms with Crippen molar-refractivity contribution in [3.8, 4) is 0 Å². The predicted molar refractivity (Wildman–Crippen MR) is 112 cm³/mol. The lowest BCUT2D eigenvalue weighted by Gasteiger charge is -2.14. The van der Waals surface area contributed by atoms with Crippen molar-refractivity contribution in [2.45, 2.75) is 11.8 Å². The van der Waals surface area contributed by atoms with Gasteiger partial charge in [-0.15, -0.1) is 11.8 Å². The molecule has 0 aliphatic rings. The van der Waals surface area contributed by atoms with Crippen LogP contribution in [0, 0.1) is 6.92 Å². The van der Waals surface area contributed by atoms with Crippen molar-refractivity contribution in [1.82, 2.24) is 5.32 Å². The molecule has 0 aliphatic carbocycles. The Labute approximate surface area is 159 Å². The molecule has 0 aliphatic heterocycles. The summed E-state index contributed by atoms with van der Waals surface area (Å²) in [5, 5.41) is 14.2. The first-order valence-corrected chi connectivity index (χ1v) is 9.70. The Hall–Kier alpha value is -2.65. The van der Waals surface area contributed by atoms with Gasteiger partial charge in [-0.25, -0.2) is 0 Å². The Kier molecular flexibility index (Phi) is 6.39. The lowest BCUT2D eigenvalue weighted by molar-refractivity contribution is 0.510. The standard InChI is InChI=1S/C23H23NOS/c1-18-9-8-14-21(17-18)26-16-15-24-22(19-10-4-2-5-11-19)23(25)20-12-6-3-7-13-20/h2-14,17,24-25H,15-16H2,1H3/b23-22-. The molecule has 0 aromatic heterocycles. The zero-order valence-electron chi connectivity index (χ0n) is 14.9. The molecule has 0 radical (unpaired) electrons. The van der Waals surface area contributed by atoms with Crippen LogP contribution in [0.4, 0.5) is 0 Å². The van der Waals surface area contributed by atoms with Gasteiger partial charge in [-0.1, -0.05) is 78.4 Å². The van der Waals surface area contributed by atoms with E-state index in [1.54, 1.807) is 0 Å². The van der Waals surface area contributed by atoms with Crippen LogP contribution in [0.5, 0.6) is 0 Å². The molecule has 3 rings (SSSR count). The van der Waals surface area contributed by atoms with E-state index in [1.807, 2.05) is 72.4 Å². The topological polar surface area (TPSA) is 32.3 Å². The Balaban J connectivity index is 1.73. The zero-order valence-corrected chi connectivity index (χ0v) is 15.7. The molecule has 0 spiro atoms. The summed E-state index contributed by atoms with van der Waals surface area (Å²) >= 11 is 1.81. The second-order valence-electron chi connectivity index (χ2n) is 6.05. The molecule has 0 saturated heterocycles. The third kappa shape index (κ3) is 4.93. The van der Waals surface area contributed by atoms with Gasteiger partial charge in [0.15, 0.2) is 0 Å². The van der Waals surface area contributed by atoms with Crippen molar-refractivity contribution in [2.75, 3.05) is 12.3 Å². The van der Waals surface area contributed by atoms with E-state index in [0.717, 1.165) is 29.1 Å². The van der Waals surface area contributed by atoms with Gasteiger partial charge in [-0.2, -0.15) is 0 Å². The molecule has 26 heavy (non-hydrogen) atoms. The van der Waals surface area contributed by atoms with Crippen LogP contribution in [0.25, 0.3) is 11.5 Å². The van der Waals surface area contributed by atoms with Crippen molar-refractivity contribution in [3.05, 3.63) is 102 Å². The number of nitrogens with one attached hydrogen (secondary N) is 1. The average Bonchev–Trinajstić information content (AvgIpc) is 2.69. The molecule has 0 amide bonds. The van der Waals surface area contributed by atoms with Crippen LogP contribution in [-0.2, 0) is 0 Å². The van der Waals surface area contributed by atoms with Gasteiger partial charge in [0.1, 0.15) is 5.76 Å². The molecule has 0 bridgehead atoms. The fourth-order valence-corrected chi connectivity index (χ4v) is 3.60. The summed E-state index contributed by atoms with van der Waals surface area (Å²) in [4.78, 5) is 1.27. The van der Waals surface area contributed by atoms with Crippen LogP contribution < -0.4 is 5.32 Å². The third-order valence-electron chi connectivity index (χ3n) is 4.01. The lowest BCUT2D eigenvalue weighted by atomic mass is 10.1. The first kappa shape index (κ1) is 18.2. The quantitative estimate of drug-likeness (QED) is 0.243. The van der Waals surface area contributed by atoms with Crippen molar-refractivity contribution >= 4 is 23.2 Å². The van der Waals surface area contributed by atoms with Crippen molar-refractivity contribution in [2.24, 2.45) is 0 Å². The van der Waals surface area contributed by atoms with Gasteiger partial charge in [0.2, 0.25) is 0 Å². The molecule has 2 nitrogen and oxygen atoms in total. The average molecular weight is 362 g/mol. The molecule has 0 atom stereocenters. The summed E-state index contributed by atoms with van der Waals surface area (Å²) in [5.74, 6) is 1.19. The van der Waals surface area contributed by atoms with Crippen LogP contribution in [0.15, 0.2) is 89.8 Å². The van der Waals surface area contributed by atoms with Gasteiger partial charge in [-0.3, -0.25) is 0 Å². The van der Waals surface area contributed by atoms with Gasteiger partial charge in [0.05, 0.1) is 5.70 Å². The van der Waals surface area contributed by atoms with Gasteiger partial charge < -0.3 is 10.4 Å². The van der Waals surface area contributed by atoms with Crippen LogP contribution in [-0.4, -0.2) is 17.4 Å². The molecule has 2 N–H and O–H groups in total. The molecule has 0 unspecified atom stereocenters. The number of aryl methyl sites for hydroxylation is 1. The van der Waals surface area contributed by atoms with Crippen molar-refractivity contribution in [1.29, 1.82) is 0 Å². The minimum Gasteiger partial charge on any atom is -0.505 e. The molecular formula is C23H23NOS. The molecule has 132 valence electrons. The molecule has 0 fully saturated rings. The van der Waals surface area contributed by atoms with Crippen LogP contribution in [0.1, 0.15) is 16.7 Å². The van der Waals surface area contributed by atoms with E-state index in [2.05, 4.69) is 36.5 Å². The fourth-order valence-electron chi connectivity index (χ4n) is 2.72. The van der Waals surface area contributed by atoms with Crippen LogP contribution in [0.3, 0.4) is 0 Å². The summed E-state index contributed by atoms with van der Waals surface area (Å²) < 4.78 is 0. The number of benzene rings is 3. The first-order valence-electron chi connectivity index (χ1n) is 8.71. The summed E-state index contributed by atoms with van der Waals surface area (Å²) in [6.45, 7) is 2.87. The highest BCUT2D eigenvalue weighted by molar-refractivity contribution is 7.99. The van der Waals surface area contributed by atoms with E-state index >= 15 is 0 Å². The highest BCUT2D eigenvalue weighted by atomic mass is 32.2. The van der Waals surface area contributed by atoms with E-state index in [1.165, 1.54) is 10.5 Å². The maximum atomic E-state index is 10.8. The number of hydrogen-bond donors (Lipinski definition) is 2. The predicted octanol–water partition coefficient (Wildman–Crippen LogP) is 5.76. The Morgan fingerprint density at radius 1 is 0.846 bits per heavy atom. The second kappa shape index (κ2) is 9.16. The number of hydrogen-bond acceptors (Lipinski definition) is 3. The number of thioether (sulfide) groups is 1. The Morgan fingerprint density at radius 2 is 1.50 bits per heavy atom.